The number of benzene rings is 2. The molecule has 2 atom stereocenters. The van der Waals surface area contributed by atoms with Gasteiger partial charge in [-0.2, -0.15) is 0 Å². The van der Waals surface area contributed by atoms with E-state index in [-0.39, 0.29) is 68.6 Å². The number of hydrogen-bond donors (Lipinski definition) is 4. The van der Waals surface area contributed by atoms with Crippen molar-refractivity contribution in [3.63, 3.8) is 0 Å². The smallest absolute Gasteiger partial charge is 0.334 e. The van der Waals surface area contributed by atoms with Crippen LogP contribution >= 0.6 is 35.6 Å². The highest BCUT2D eigenvalue weighted by Gasteiger charge is 2.42. The van der Waals surface area contributed by atoms with Crippen LogP contribution in [0.1, 0.15) is 62.8 Å². The van der Waals surface area contributed by atoms with Crippen molar-refractivity contribution >= 4 is 64.6 Å². The quantitative estimate of drug-likeness (QED) is 0.203. The van der Waals surface area contributed by atoms with Crippen molar-refractivity contribution in [2.24, 2.45) is 5.92 Å². The number of halogens is 3. The van der Waals surface area contributed by atoms with Crippen LogP contribution in [0.15, 0.2) is 76.0 Å². The number of carboxylic acid groups (broad SMARTS) is 2. The Labute approximate surface area is 294 Å². The molecule has 47 heavy (non-hydrogen) atoms. The molecule has 4 N–H and O–H groups in total. The minimum Gasteiger partial charge on any atom is -0.611 e. The van der Waals surface area contributed by atoms with E-state index in [0.717, 1.165) is 19.4 Å². The number of piperidine rings is 1. The molecular formula is C34H40Cl3N3O6S. The molecule has 2 aromatic carbocycles. The van der Waals surface area contributed by atoms with Crippen LogP contribution in [0.2, 0.25) is 10.0 Å². The molecule has 1 unspecified atom stereocenters. The lowest BCUT2D eigenvalue weighted by Crippen LogP contribution is -2.46. The predicted octanol–water partition coefficient (Wildman–Crippen LogP) is 6.14. The number of carboxylic acids is 2. The van der Waals surface area contributed by atoms with Crippen LogP contribution in [-0.2, 0) is 25.6 Å². The molecule has 1 aliphatic carbocycles. The van der Waals surface area contributed by atoms with Gasteiger partial charge in [0.15, 0.2) is 10.6 Å². The molecular weight excluding hydrogens is 685 g/mol. The molecule has 0 spiro atoms. The molecule has 1 saturated heterocycles. The molecule has 1 amide bonds. The lowest BCUT2D eigenvalue weighted by atomic mass is 9.79. The van der Waals surface area contributed by atoms with E-state index < -0.39 is 29.0 Å². The molecule has 5 rings (SSSR count). The first-order chi connectivity index (χ1) is 22.1. The van der Waals surface area contributed by atoms with E-state index in [0.29, 0.717) is 29.9 Å². The fourth-order valence-corrected chi connectivity index (χ4v) is 8.48. The topological polar surface area (TPSA) is 142 Å². The number of carbonyl (C=O) groups excluding carboxylic acids is 1. The number of nitrogens with one attached hydrogen (secondary N) is 2. The second kappa shape index (κ2) is 17.1. The van der Waals surface area contributed by atoms with Crippen LogP contribution < -0.4 is 10.6 Å². The highest BCUT2D eigenvalue weighted by atomic mass is 35.5. The molecule has 254 valence electrons. The van der Waals surface area contributed by atoms with Gasteiger partial charge in [-0.15, -0.1) is 12.4 Å². The van der Waals surface area contributed by atoms with Gasteiger partial charge < -0.3 is 30.3 Å². The summed E-state index contributed by atoms with van der Waals surface area (Å²) in [6, 6.07) is 13.5. The summed E-state index contributed by atoms with van der Waals surface area (Å²) in [6.07, 6.45) is 7.69. The number of dihydropyridines is 1. The summed E-state index contributed by atoms with van der Waals surface area (Å²) in [4.78, 5) is 41.6. The minimum absolute atomic E-state index is 0. The number of rotatable bonds is 11. The van der Waals surface area contributed by atoms with Gasteiger partial charge in [0.1, 0.15) is 0 Å². The van der Waals surface area contributed by atoms with Crippen molar-refractivity contribution in [3.05, 3.63) is 86.7 Å². The van der Waals surface area contributed by atoms with Crippen molar-refractivity contribution in [1.82, 2.24) is 15.5 Å². The lowest BCUT2D eigenvalue weighted by Gasteiger charge is -2.35. The summed E-state index contributed by atoms with van der Waals surface area (Å²) >= 11 is 11.4. The highest BCUT2D eigenvalue weighted by molar-refractivity contribution is 7.91. The maximum atomic E-state index is 13.7. The molecule has 1 saturated carbocycles. The Morgan fingerprint density at radius 3 is 2.06 bits per heavy atom. The number of hydrogen-bond acceptors (Lipinski definition) is 6. The van der Waals surface area contributed by atoms with Crippen molar-refractivity contribution in [3.8, 4) is 0 Å². The Morgan fingerprint density at radius 1 is 0.872 bits per heavy atom. The predicted molar refractivity (Wildman–Crippen MR) is 185 cm³/mol. The van der Waals surface area contributed by atoms with E-state index in [2.05, 4.69) is 10.6 Å². The SMILES string of the molecule is Cl.O=C(O)C1=C(CC(=O)N2CCC(NCC3CCCCC3)CC2)NC(C[S@+]([O-])c2ccccc2)=C(C(=O)O)C1c1c(Cl)cccc1Cl. The summed E-state index contributed by atoms with van der Waals surface area (Å²) in [7, 11) is 0. The molecule has 0 bridgehead atoms. The van der Waals surface area contributed by atoms with E-state index in [1.54, 1.807) is 41.3 Å². The van der Waals surface area contributed by atoms with Crippen molar-refractivity contribution < 1.29 is 29.1 Å². The molecule has 13 heteroatoms. The normalized spacial score (nSPS) is 20.0. The monoisotopic (exact) mass is 723 g/mol. The standard InChI is InChI=1S/C34H39Cl2N3O6S.ClH/c35-24-12-7-13-25(36)29(24)32-30(33(41)42)26(38-27(31(32)34(43)44)20-46(45)23-10-5-2-6-11-23)18-28(40)39-16-14-22(15-17-39)37-19-21-8-3-1-4-9-21;/h2,5-7,10-13,21-22,32,37-38H,1,3-4,8-9,14-20H2,(H,41,42)(H,43,44);1H/t32?,46-;/m0./s1. The highest BCUT2D eigenvalue weighted by Crippen LogP contribution is 2.45. The first-order valence-electron chi connectivity index (χ1n) is 15.7. The third kappa shape index (κ3) is 9.04. The summed E-state index contributed by atoms with van der Waals surface area (Å²) in [6.45, 7) is 2.05. The minimum atomic E-state index is -1.68. The van der Waals surface area contributed by atoms with Gasteiger partial charge in [-0.3, -0.25) is 4.79 Å². The second-order valence-corrected chi connectivity index (χ2v) is 14.4. The summed E-state index contributed by atoms with van der Waals surface area (Å²) in [5.74, 6) is -4.08. The van der Waals surface area contributed by atoms with E-state index >= 15 is 0 Å². The number of carbonyl (C=O) groups is 3. The third-order valence-corrected chi connectivity index (χ3v) is 11.2. The summed E-state index contributed by atoms with van der Waals surface area (Å²) in [5.41, 5.74) is -0.508. The maximum absolute atomic E-state index is 13.7. The van der Waals surface area contributed by atoms with E-state index in [9.17, 15) is 29.1 Å². The van der Waals surface area contributed by atoms with Crippen LogP contribution in [0, 0.1) is 5.92 Å². The van der Waals surface area contributed by atoms with Crippen molar-refractivity contribution in [1.29, 1.82) is 0 Å². The molecule has 9 nitrogen and oxygen atoms in total. The number of amides is 1. The van der Waals surface area contributed by atoms with Gasteiger partial charge in [0, 0.05) is 40.4 Å². The van der Waals surface area contributed by atoms with Gasteiger partial charge >= 0.3 is 11.9 Å². The first kappa shape index (κ1) is 37.1. The first-order valence-corrected chi connectivity index (χ1v) is 17.8. The largest absolute Gasteiger partial charge is 0.611 e. The molecule has 0 radical (unpaired) electrons. The fourth-order valence-electron chi connectivity index (χ4n) is 6.75. The van der Waals surface area contributed by atoms with E-state index in [1.165, 1.54) is 44.2 Å². The zero-order valence-electron chi connectivity index (χ0n) is 25.9. The number of aliphatic carboxylic acids is 2. The Balaban J connectivity index is 0.00000500. The van der Waals surface area contributed by atoms with Crippen LogP contribution in [0.3, 0.4) is 0 Å². The maximum Gasteiger partial charge on any atom is 0.334 e. The Kier molecular flexibility index (Phi) is 13.5. The van der Waals surface area contributed by atoms with Gasteiger partial charge in [0.05, 0.1) is 29.2 Å². The van der Waals surface area contributed by atoms with E-state index in [1.807, 2.05) is 0 Å². The van der Waals surface area contributed by atoms with Gasteiger partial charge in [-0.05, 0) is 73.6 Å². The zero-order valence-corrected chi connectivity index (χ0v) is 29.0. The van der Waals surface area contributed by atoms with Crippen LogP contribution in [0.25, 0.3) is 0 Å². The fraction of sp³-hybridized carbons (Fsp3) is 0.441. The van der Waals surface area contributed by atoms with Gasteiger partial charge in [-0.1, -0.05) is 66.7 Å². The van der Waals surface area contributed by atoms with E-state index in [4.69, 9.17) is 23.2 Å². The Morgan fingerprint density at radius 2 is 1.47 bits per heavy atom. The van der Waals surface area contributed by atoms with Crippen molar-refractivity contribution in [2.45, 2.75) is 68.2 Å². The van der Waals surface area contributed by atoms with Crippen molar-refractivity contribution in [2.75, 3.05) is 25.4 Å². The molecule has 2 heterocycles. The van der Waals surface area contributed by atoms with Gasteiger partial charge in [0.25, 0.3) is 0 Å². The molecule has 2 aromatic rings. The average molecular weight is 725 g/mol. The van der Waals surface area contributed by atoms with Crippen LogP contribution in [0.4, 0.5) is 0 Å². The summed E-state index contributed by atoms with van der Waals surface area (Å²) < 4.78 is 13.4. The third-order valence-electron chi connectivity index (χ3n) is 9.16. The summed E-state index contributed by atoms with van der Waals surface area (Å²) in [5, 5.41) is 27.7. The number of likely N-dealkylation sites (tertiary alicyclic amines) is 1. The average Bonchev–Trinajstić information content (AvgIpc) is 3.04. The molecule has 2 aliphatic heterocycles. The molecule has 0 aromatic heterocycles. The Bertz CT molecular complexity index is 1490. The van der Waals surface area contributed by atoms with Gasteiger partial charge in [0.2, 0.25) is 5.91 Å². The molecule has 3 aliphatic rings. The van der Waals surface area contributed by atoms with Crippen LogP contribution in [-0.4, -0.2) is 68.9 Å². The molecule has 2 fully saturated rings. The van der Waals surface area contributed by atoms with Crippen LogP contribution in [0.5, 0.6) is 0 Å². The zero-order chi connectivity index (χ0) is 32.8. The second-order valence-electron chi connectivity index (χ2n) is 12.1. The van der Waals surface area contributed by atoms with Gasteiger partial charge in [-0.25, -0.2) is 9.59 Å². The lowest BCUT2D eigenvalue weighted by molar-refractivity contribution is -0.133. The Hall–Kier alpha value is -2.73. The number of nitrogens with zero attached hydrogens (tertiary/aromatic N) is 1.